The zero-order chi connectivity index (χ0) is 14.8. The Hall–Kier alpha value is -1.10. The van der Waals surface area contributed by atoms with Crippen molar-refractivity contribution in [3.8, 4) is 0 Å². The van der Waals surface area contributed by atoms with E-state index in [4.69, 9.17) is 10.5 Å². The molecule has 5 heteroatoms. The van der Waals surface area contributed by atoms with Gasteiger partial charge in [0.05, 0.1) is 11.6 Å². The predicted octanol–water partition coefficient (Wildman–Crippen LogP) is 2.41. The van der Waals surface area contributed by atoms with Gasteiger partial charge in [-0.25, -0.2) is 0 Å². The van der Waals surface area contributed by atoms with E-state index >= 15 is 0 Å². The van der Waals surface area contributed by atoms with Crippen LogP contribution in [0, 0.1) is 13.8 Å². The summed E-state index contributed by atoms with van der Waals surface area (Å²) in [6.07, 6.45) is 1.16. The summed E-state index contributed by atoms with van der Waals surface area (Å²) in [6.45, 7) is 7.28. The number of nitrogens with one attached hydrogen (secondary N) is 1. The summed E-state index contributed by atoms with van der Waals surface area (Å²) in [4.78, 5) is 12.4. The van der Waals surface area contributed by atoms with E-state index in [-0.39, 0.29) is 24.4 Å². The summed E-state index contributed by atoms with van der Waals surface area (Å²) >= 11 is 0. The van der Waals surface area contributed by atoms with Crippen molar-refractivity contribution in [1.29, 1.82) is 0 Å². The summed E-state index contributed by atoms with van der Waals surface area (Å²) in [5.41, 5.74) is 9.02. The highest BCUT2D eigenvalue weighted by Crippen LogP contribution is 2.23. The van der Waals surface area contributed by atoms with Crippen molar-refractivity contribution in [2.24, 2.45) is 5.73 Å². The third-order valence-electron chi connectivity index (χ3n) is 4.30. The summed E-state index contributed by atoms with van der Waals surface area (Å²) in [7, 11) is 0. The second-order valence-electron chi connectivity index (χ2n) is 5.75. The number of ether oxygens (including phenoxy) is 1. The molecule has 1 aromatic rings. The Labute approximate surface area is 132 Å². The first kappa shape index (κ1) is 18.0. The quantitative estimate of drug-likeness (QED) is 0.901. The SMILES string of the molecule is Cc1cccc(C(C)NC(=O)C2(N)CCOCC2)c1C.Cl. The fraction of sp³-hybridized carbons (Fsp3) is 0.562. The predicted molar refractivity (Wildman–Crippen MR) is 86.7 cm³/mol. The number of hydrogen-bond donors (Lipinski definition) is 2. The molecule has 0 aliphatic carbocycles. The average molecular weight is 313 g/mol. The molecule has 1 atom stereocenters. The Balaban J connectivity index is 0.00000220. The van der Waals surface area contributed by atoms with Gasteiger partial charge in [-0.1, -0.05) is 18.2 Å². The third-order valence-corrected chi connectivity index (χ3v) is 4.30. The zero-order valence-electron chi connectivity index (χ0n) is 12.9. The summed E-state index contributed by atoms with van der Waals surface area (Å²) in [5, 5.41) is 3.05. The molecule has 1 saturated heterocycles. The Morgan fingerprint density at radius 3 is 2.57 bits per heavy atom. The van der Waals surface area contributed by atoms with Crippen molar-refractivity contribution in [2.75, 3.05) is 13.2 Å². The fourth-order valence-corrected chi connectivity index (χ4v) is 2.62. The first-order valence-electron chi connectivity index (χ1n) is 7.18. The van der Waals surface area contributed by atoms with Crippen LogP contribution < -0.4 is 11.1 Å². The van der Waals surface area contributed by atoms with Crippen LogP contribution in [0.1, 0.15) is 42.5 Å². The molecule has 1 fully saturated rings. The minimum absolute atomic E-state index is 0. The van der Waals surface area contributed by atoms with Crippen LogP contribution in [0.15, 0.2) is 18.2 Å². The van der Waals surface area contributed by atoms with Gasteiger partial charge in [0.2, 0.25) is 5.91 Å². The molecular weight excluding hydrogens is 288 g/mol. The molecule has 0 saturated carbocycles. The lowest BCUT2D eigenvalue weighted by Gasteiger charge is -2.33. The van der Waals surface area contributed by atoms with Gasteiger partial charge in [-0.3, -0.25) is 4.79 Å². The number of carbonyl (C=O) groups is 1. The van der Waals surface area contributed by atoms with Crippen molar-refractivity contribution >= 4 is 18.3 Å². The van der Waals surface area contributed by atoms with Gasteiger partial charge in [-0.05, 0) is 50.3 Å². The molecule has 118 valence electrons. The fourth-order valence-electron chi connectivity index (χ4n) is 2.62. The number of rotatable bonds is 3. The summed E-state index contributed by atoms with van der Waals surface area (Å²) < 4.78 is 5.28. The first-order chi connectivity index (χ1) is 9.44. The second kappa shape index (κ2) is 7.25. The van der Waals surface area contributed by atoms with Crippen LogP contribution in [0.4, 0.5) is 0 Å². The lowest BCUT2D eigenvalue weighted by Crippen LogP contribution is -2.57. The van der Waals surface area contributed by atoms with E-state index in [0.29, 0.717) is 26.1 Å². The molecule has 1 unspecified atom stereocenters. The molecule has 2 rings (SSSR count). The smallest absolute Gasteiger partial charge is 0.240 e. The molecular formula is C16H25ClN2O2. The molecule has 1 aliphatic rings. The zero-order valence-corrected chi connectivity index (χ0v) is 13.8. The number of nitrogens with two attached hydrogens (primary N) is 1. The summed E-state index contributed by atoms with van der Waals surface area (Å²) in [5.74, 6) is -0.0748. The van der Waals surface area contributed by atoms with Gasteiger partial charge >= 0.3 is 0 Å². The molecule has 21 heavy (non-hydrogen) atoms. The van der Waals surface area contributed by atoms with E-state index in [0.717, 1.165) is 5.56 Å². The standard InChI is InChI=1S/C16H24N2O2.ClH/c1-11-5-4-6-14(12(11)2)13(3)18-15(19)16(17)7-9-20-10-8-16;/h4-6,13H,7-10,17H2,1-3H3,(H,18,19);1H. The van der Waals surface area contributed by atoms with E-state index < -0.39 is 5.54 Å². The highest BCUT2D eigenvalue weighted by Gasteiger charge is 2.36. The van der Waals surface area contributed by atoms with Crippen LogP contribution >= 0.6 is 12.4 Å². The van der Waals surface area contributed by atoms with E-state index in [2.05, 4.69) is 31.3 Å². The van der Waals surface area contributed by atoms with E-state index in [9.17, 15) is 4.79 Å². The lowest BCUT2D eigenvalue weighted by atomic mass is 9.89. The van der Waals surface area contributed by atoms with Crippen molar-refractivity contribution < 1.29 is 9.53 Å². The van der Waals surface area contributed by atoms with Crippen molar-refractivity contribution in [2.45, 2.75) is 45.2 Å². The van der Waals surface area contributed by atoms with Crippen molar-refractivity contribution in [1.82, 2.24) is 5.32 Å². The van der Waals surface area contributed by atoms with Gasteiger partial charge < -0.3 is 15.8 Å². The largest absolute Gasteiger partial charge is 0.381 e. The van der Waals surface area contributed by atoms with Gasteiger partial charge in [0.25, 0.3) is 0 Å². The topological polar surface area (TPSA) is 64.4 Å². The Morgan fingerprint density at radius 1 is 1.33 bits per heavy atom. The number of halogens is 1. The van der Waals surface area contributed by atoms with Crippen LogP contribution in [0.5, 0.6) is 0 Å². The maximum atomic E-state index is 12.4. The van der Waals surface area contributed by atoms with Crippen LogP contribution in [-0.2, 0) is 9.53 Å². The van der Waals surface area contributed by atoms with Crippen LogP contribution in [0.25, 0.3) is 0 Å². The summed E-state index contributed by atoms with van der Waals surface area (Å²) in [6, 6.07) is 6.12. The van der Waals surface area contributed by atoms with Crippen molar-refractivity contribution in [3.05, 3.63) is 34.9 Å². The molecule has 1 amide bonds. The van der Waals surface area contributed by atoms with E-state index in [1.165, 1.54) is 11.1 Å². The maximum Gasteiger partial charge on any atom is 0.240 e. The molecule has 0 spiro atoms. The van der Waals surface area contributed by atoms with Crippen LogP contribution in [0.2, 0.25) is 0 Å². The highest BCUT2D eigenvalue weighted by atomic mass is 35.5. The number of benzene rings is 1. The molecule has 4 nitrogen and oxygen atoms in total. The normalized spacial score (nSPS) is 18.5. The molecule has 1 aliphatic heterocycles. The minimum atomic E-state index is -0.787. The van der Waals surface area contributed by atoms with Gasteiger partial charge in [-0.2, -0.15) is 0 Å². The monoisotopic (exact) mass is 312 g/mol. The minimum Gasteiger partial charge on any atom is -0.381 e. The first-order valence-corrected chi connectivity index (χ1v) is 7.18. The number of aryl methyl sites for hydroxylation is 1. The second-order valence-corrected chi connectivity index (χ2v) is 5.75. The Morgan fingerprint density at radius 2 is 1.95 bits per heavy atom. The molecule has 0 bridgehead atoms. The average Bonchev–Trinajstić information content (AvgIpc) is 2.42. The molecule has 1 aromatic carbocycles. The van der Waals surface area contributed by atoms with Gasteiger partial charge in [-0.15, -0.1) is 12.4 Å². The van der Waals surface area contributed by atoms with Gasteiger partial charge in [0.15, 0.2) is 0 Å². The molecule has 0 radical (unpaired) electrons. The molecule has 3 N–H and O–H groups in total. The van der Waals surface area contributed by atoms with Crippen LogP contribution in [0.3, 0.4) is 0 Å². The molecule has 0 aromatic heterocycles. The van der Waals surface area contributed by atoms with Gasteiger partial charge in [0.1, 0.15) is 0 Å². The lowest BCUT2D eigenvalue weighted by molar-refractivity contribution is -0.130. The molecule has 1 heterocycles. The number of carbonyl (C=O) groups excluding carboxylic acids is 1. The third kappa shape index (κ3) is 3.96. The highest BCUT2D eigenvalue weighted by molar-refractivity contribution is 5.86. The number of amides is 1. The van der Waals surface area contributed by atoms with Crippen LogP contribution in [-0.4, -0.2) is 24.7 Å². The van der Waals surface area contributed by atoms with Gasteiger partial charge in [0, 0.05) is 13.2 Å². The number of hydrogen-bond acceptors (Lipinski definition) is 3. The Bertz CT molecular complexity index is 499. The van der Waals surface area contributed by atoms with E-state index in [1.807, 2.05) is 13.0 Å². The Kier molecular flexibility index (Phi) is 6.20. The van der Waals surface area contributed by atoms with Crippen molar-refractivity contribution in [3.63, 3.8) is 0 Å². The maximum absolute atomic E-state index is 12.4. The van der Waals surface area contributed by atoms with E-state index in [1.54, 1.807) is 0 Å².